The Labute approximate surface area is 120 Å². The highest BCUT2D eigenvalue weighted by Gasteiger charge is 1.98. The van der Waals surface area contributed by atoms with Crippen LogP contribution >= 0.6 is 11.6 Å². The summed E-state index contributed by atoms with van der Waals surface area (Å²) in [5.41, 5.74) is 3.32. The zero-order valence-electron chi connectivity index (χ0n) is 11.9. The topological polar surface area (TPSA) is 37.8 Å². The van der Waals surface area contributed by atoms with Gasteiger partial charge in [0.15, 0.2) is 0 Å². The minimum absolute atomic E-state index is 0.512. The van der Waals surface area contributed by atoms with E-state index in [-0.39, 0.29) is 0 Å². The molecule has 0 bridgehead atoms. The number of hydrogen-bond acceptors (Lipinski definition) is 3. The van der Waals surface area contributed by atoms with E-state index in [0.29, 0.717) is 11.7 Å². The number of aryl methyl sites for hydroxylation is 2. The zero-order valence-corrected chi connectivity index (χ0v) is 12.6. The normalized spacial score (nSPS) is 9.53. The quantitative estimate of drug-likeness (QED) is 0.846. The molecule has 2 aromatic rings. The van der Waals surface area contributed by atoms with Gasteiger partial charge in [-0.15, -0.1) is 0 Å². The van der Waals surface area contributed by atoms with Crippen LogP contribution in [0, 0.1) is 13.8 Å². The van der Waals surface area contributed by atoms with Crippen LogP contribution in [0.2, 0.25) is 5.15 Å². The predicted octanol–water partition coefficient (Wildman–Crippen LogP) is 4.39. The summed E-state index contributed by atoms with van der Waals surface area (Å²) < 4.78 is 0. The van der Waals surface area contributed by atoms with Crippen molar-refractivity contribution in [1.82, 2.24) is 9.97 Å². The zero-order chi connectivity index (χ0) is 14.3. The van der Waals surface area contributed by atoms with E-state index >= 15 is 0 Å². The molecule has 2 aromatic heterocycles. The fourth-order valence-electron chi connectivity index (χ4n) is 1.43. The first-order valence-corrected chi connectivity index (χ1v) is 6.81. The van der Waals surface area contributed by atoms with Crippen molar-refractivity contribution in [2.24, 2.45) is 0 Å². The lowest BCUT2D eigenvalue weighted by Gasteiger charge is -2.07. The summed E-state index contributed by atoms with van der Waals surface area (Å²) in [6.07, 6.45) is 1.76. The van der Waals surface area contributed by atoms with E-state index in [4.69, 9.17) is 11.6 Å². The Kier molecular flexibility index (Phi) is 6.30. The molecule has 0 aliphatic rings. The second-order valence-electron chi connectivity index (χ2n) is 3.94. The van der Waals surface area contributed by atoms with Gasteiger partial charge in [0.05, 0.1) is 0 Å². The standard InChI is InChI=1S/C13H14ClN3.C2H6/c1-9-3-6-13(17-10(9)2)16-8-11-4-5-12(14)15-7-11;1-2/h3-7H,8H2,1-2H3,(H,16,17);1-2H3. The SMILES string of the molecule is CC.Cc1ccc(NCc2ccc(Cl)nc2)nc1C. The Morgan fingerprint density at radius 1 is 1.11 bits per heavy atom. The molecule has 0 aromatic carbocycles. The van der Waals surface area contributed by atoms with Gasteiger partial charge in [-0.1, -0.05) is 37.6 Å². The Hall–Kier alpha value is -1.61. The Bertz CT molecular complexity index is 509. The van der Waals surface area contributed by atoms with E-state index < -0.39 is 0 Å². The summed E-state index contributed by atoms with van der Waals surface area (Å²) in [5, 5.41) is 3.77. The van der Waals surface area contributed by atoms with E-state index in [1.54, 1.807) is 12.3 Å². The minimum atomic E-state index is 0.512. The maximum Gasteiger partial charge on any atom is 0.129 e. The monoisotopic (exact) mass is 277 g/mol. The van der Waals surface area contributed by atoms with Crippen LogP contribution in [0.25, 0.3) is 0 Å². The van der Waals surface area contributed by atoms with Crippen molar-refractivity contribution < 1.29 is 0 Å². The molecule has 0 radical (unpaired) electrons. The van der Waals surface area contributed by atoms with Crippen molar-refractivity contribution in [2.45, 2.75) is 34.2 Å². The van der Waals surface area contributed by atoms with Crippen LogP contribution in [-0.2, 0) is 6.54 Å². The van der Waals surface area contributed by atoms with Crippen LogP contribution in [-0.4, -0.2) is 9.97 Å². The third kappa shape index (κ3) is 4.87. The van der Waals surface area contributed by atoms with Crippen molar-refractivity contribution in [3.05, 3.63) is 52.4 Å². The molecule has 3 nitrogen and oxygen atoms in total. The average Bonchev–Trinajstić information content (AvgIpc) is 2.44. The lowest BCUT2D eigenvalue weighted by atomic mass is 10.2. The molecule has 0 amide bonds. The molecule has 0 aliphatic carbocycles. The van der Waals surface area contributed by atoms with Gasteiger partial charge >= 0.3 is 0 Å². The maximum absolute atomic E-state index is 5.72. The Morgan fingerprint density at radius 2 is 1.84 bits per heavy atom. The molecule has 2 rings (SSSR count). The molecule has 4 heteroatoms. The van der Waals surface area contributed by atoms with E-state index in [2.05, 4.69) is 28.3 Å². The molecule has 0 saturated heterocycles. The van der Waals surface area contributed by atoms with Crippen LogP contribution in [0.3, 0.4) is 0 Å². The molecular formula is C15H20ClN3. The Morgan fingerprint density at radius 3 is 2.42 bits per heavy atom. The fraction of sp³-hybridized carbons (Fsp3) is 0.333. The smallest absolute Gasteiger partial charge is 0.129 e. The van der Waals surface area contributed by atoms with Gasteiger partial charge < -0.3 is 5.32 Å². The largest absolute Gasteiger partial charge is 0.366 e. The first-order chi connectivity index (χ1) is 9.15. The molecule has 2 heterocycles. The van der Waals surface area contributed by atoms with Crippen molar-refractivity contribution in [1.29, 1.82) is 0 Å². The third-order valence-corrected chi connectivity index (χ3v) is 2.84. The van der Waals surface area contributed by atoms with Gasteiger partial charge in [-0.25, -0.2) is 9.97 Å². The summed E-state index contributed by atoms with van der Waals surface area (Å²) in [7, 11) is 0. The van der Waals surface area contributed by atoms with E-state index in [1.807, 2.05) is 32.9 Å². The number of aromatic nitrogens is 2. The molecule has 0 spiro atoms. The number of nitrogens with one attached hydrogen (secondary N) is 1. The molecule has 19 heavy (non-hydrogen) atoms. The number of halogens is 1. The van der Waals surface area contributed by atoms with Crippen LogP contribution in [0.4, 0.5) is 5.82 Å². The van der Waals surface area contributed by atoms with Crippen LogP contribution in [0.1, 0.15) is 30.7 Å². The molecular weight excluding hydrogens is 258 g/mol. The molecule has 0 saturated carbocycles. The fourth-order valence-corrected chi connectivity index (χ4v) is 1.54. The third-order valence-electron chi connectivity index (χ3n) is 2.61. The molecule has 0 atom stereocenters. The van der Waals surface area contributed by atoms with E-state index in [9.17, 15) is 0 Å². The Balaban J connectivity index is 0.000000861. The van der Waals surface area contributed by atoms with Gasteiger partial charge in [0.1, 0.15) is 11.0 Å². The number of anilines is 1. The first kappa shape index (κ1) is 15.4. The van der Waals surface area contributed by atoms with Crippen LogP contribution in [0.15, 0.2) is 30.5 Å². The van der Waals surface area contributed by atoms with E-state index in [0.717, 1.165) is 17.1 Å². The van der Waals surface area contributed by atoms with Crippen molar-refractivity contribution in [3.8, 4) is 0 Å². The number of rotatable bonds is 3. The second kappa shape index (κ2) is 7.74. The van der Waals surface area contributed by atoms with E-state index in [1.165, 1.54) is 5.56 Å². The molecule has 102 valence electrons. The lowest BCUT2D eigenvalue weighted by molar-refractivity contribution is 1.06. The summed E-state index contributed by atoms with van der Waals surface area (Å²) in [4.78, 5) is 8.48. The van der Waals surface area contributed by atoms with Gasteiger partial charge in [-0.05, 0) is 37.1 Å². The van der Waals surface area contributed by atoms with Gasteiger partial charge in [0.25, 0.3) is 0 Å². The van der Waals surface area contributed by atoms with Crippen molar-refractivity contribution >= 4 is 17.4 Å². The predicted molar refractivity (Wildman–Crippen MR) is 81.6 cm³/mol. The average molecular weight is 278 g/mol. The highest BCUT2D eigenvalue weighted by molar-refractivity contribution is 6.29. The second-order valence-corrected chi connectivity index (χ2v) is 4.33. The van der Waals surface area contributed by atoms with Crippen molar-refractivity contribution in [2.75, 3.05) is 5.32 Å². The highest BCUT2D eigenvalue weighted by atomic mass is 35.5. The van der Waals surface area contributed by atoms with Crippen molar-refractivity contribution in [3.63, 3.8) is 0 Å². The van der Waals surface area contributed by atoms with Crippen LogP contribution < -0.4 is 5.32 Å². The summed E-state index contributed by atoms with van der Waals surface area (Å²) in [5.74, 6) is 0.878. The number of pyridine rings is 2. The first-order valence-electron chi connectivity index (χ1n) is 6.44. The summed E-state index contributed by atoms with van der Waals surface area (Å²) >= 11 is 5.72. The highest BCUT2D eigenvalue weighted by Crippen LogP contribution is 2.11. The number of nitrogens with zero attached hydrogens (tertiary/aromatic N) is 2. The molecule has 0 unspecified atom stereocenters. The lowest BCUT2D eigenvalue weighted by Crippen LogP contribution is -2.02. The molecule has 0 fully saturated rings. The summed E-state index contributed by atoms with van der Waals surface area (Å²) in [6.45, 7) is 8.75. The van der Waals surface area contributed by atoms with Crippen LogP contribution in [0.5, 0.6) is 0 Å². The van der Waals surface area contributed by atoms with Gasteiger partial charge in [0.2, 0.25) is 0 Å². The van der Waals surface area contributed by atoms with Gasteiger partial charge in [0, 0.05) is 18.4 Å². The molecule has 0 aliphatic heterocycles. The van der Waals surface area contributed by atoms with Gasteiger partial charge in [-0.2, -0.15) is 0 Å². The summed E-state index contributed by atoms with van der Waals surface area (Å²) in [6, 6.07) is 7.77. The maximum atomic E-state index is 5.72. The van der Waals surface area contributed by atoms with Gasteiger partial charge in [-0.3, -0.25) is 0 Å². The minimum Gasteiger partial charge on any atom is -0.366 e. The number of hydrogen-bond donors (Lipinski definition) is 1. The molecule has 1 N–H and O–H groups in total.